The van der Waals surface area contributed by atoms with Crippen molar-refractivity contribution in [3.8, 4) is 72.9 Å². The number of fused-ring (bicyclic) bond motifs is 16. The van der Waals surface area contributed by atoms with Gasteiger partial charge in [0.25, 0.3) is 0 Å². The number of thiophene rings is 1. The Morgan fingerprint density at radius 2 is 0.525 bits per heavy atom. The van der Waals surface area contributed by atoms with E-state index in [-0.39, 0.29) is 131 Å². The molecule has 6 aromatic heterocycles. The van der Waals surface area contributed by atoms with Crippen LogP contribution in [0.15, 0.2) is 406 Å². The molecule has 0 amide bonds. The zero-order valence-corrected chi connectivity index (χ0v) is 77.3. The van der Waals surface area contributed by atoms with Crippen LogP contribution in [0.25, 0.3) is 191 Å². The van der Waals surface area contributed by atoms with E-state index in [0.717, 1.165) is 72.8 Å². The van der Waals surface area contributed by atoms with Crippen molar-refractivity contribution in [2.24, 2.45) is 0 Å². The minimum Gasteiger partial charge on any atom is -0.439 e. The molecular weight excluding hydrogens is 1780 g/mol. The van der Waals surface area contributed by atoms with Crippen LogP contribution in [0.2, 0.25) is 0 Å². The summed E-state index contributed by atoms with van der Waals surface area (Å²) in [6.07, 6.45) is 14.5. The molecule has 6 heterocycles. The van der Waals surface area contributed by atoms with Crippen LogP contribution in [0.3, 0.4) is 0 Å². The maximum absolute atomic E-state index is 3.70. The largest absolute Gasteiger partial charge is 0.439 e. The number of nitrogens with zero attached hydrogens (tertiary/aromatic N) is 5. The van der Waals surface area contributed by atoms with Gasteiger partial charge in [0.2, 0.25) is 0 Å². The smallest absolute Gasteiger partial charge is 0.0534 e. The first kappa shape index (κ1) is 81.7. The predicted molar refractivity (Wildman–Crippen MR) is 485 cm³/mol. The van der Waals surface area contributed by atoms with Gasteiger partial charge in [0.15, 0.2) is 0 Å². The molecule has 558 valence electrons. The minimum absolute atomic E-state index is 0. The SMILES string of the molecule is [Y].[Y].[Y].[Y].[c-]1ccccc1-n1[c-]c(-c2ccc3c4ccccc4c4ccccc4c3c2)c2ccccc21.[c-]1ccccc1-n1[c-]c(-c2ccc3sc4ccccc4c3c2)c2ccccc21.[c-]1ccccc1-n1[c-]c(-c2cccc3c2c2ccccc2n3-c2ccccc2)c2ccccc21.[c-]1ccccc1-n1[c-]c(-c2ccccc2)c2ccccc21. The number of aromatic nitrogens is 5. The Morgan fingerprint density at radius 1 is 0.200 bits per heavy atom. The fourth-order valence-electron chi connectivity index (χ4n) is 16.8. The van der Waals surface area contributed by atoms with Gasteiger partial charge < -0.3 is 22.8 Å². The summed E-state index contributed by atoms with van der Waals surface area (Å²) in [6, 6.07) is 155. The molecule has 0 aliphatic heterocycles. The summed E-state index contributed by atoms with van der Waals surface area (Å²) in [5, 5.41) is 17.7. The van der Waals surface area contributed by atoms with Crippen molar-refractivity contribution in [3.63, 3.8) is 0 Å². The van der Waals surface area contributed by atoms with Crippen LogP contribution in [-0.4, -0.2) is 22.8 Å². The third-order valence-corrected chi connectivity index (χ3v) is 23.2. The van der Waals surface area contributed by atoms with Gasteiger partial charge in [-0.25, -0.2) is 24.3 Å². The van der Waals surface area contributed by atoms with E-state index in [4.69, 9.17) is 0 Å². The van der Waals surface area contributed by atoms with Crippen molar-refractivity contribution < 1.29 is 131 Å². The maximum Gasteiger partial charge on any atom is 0.0534 e. The molecule has 24 rings (SSSR count). The van der Waals surface area contributed by atoms with Gasteiger partial charge in [0.1, 0.15) is 0 Å². The third kappa shape index (κ3) is 15.3. The van der Waals surface area contributed by atoms with Crippen molar-refractivity contribution in [1.82, 2.24) is 22.8 Å². The normalized spacial score (nSPS) is 11.1. The molecule has 0 unspecified atom stereocenters. The number of para-hydroxylation sites is 10. The van der Waals surface area contributed by atoms with Crippen LogP contribution in [0.5, 0.6) is 0 Å². The van der Waals surface area contributed by atoms with Gasteiger partial charge in [-0.1, -0.05) is 345 Å². The Kier molecular flexibility index (Phi) is 24.7. The zero-order chi connectivity index (χ0) is 76.8. The molecule has 18 aromatic carbocycles. The molecule has 0 saturated carbocycles. The average Bonchev–Trinajstić information content (AvgIpc) is 1.52. The first-order valence-corrected chi connectivity index (χ1v) is 39.8. The number of hydrogen-bond donors (Lipinski definition) is 0. The first-order chi connectivity index (χ1) is 57.6. The van der Waals surface area contributed by atoms with Crippen molar-refractivity contribution in [2.45, 2.75) is 0 Å². The van der Waals surface area contributed by atoms with Gasteiger partial charge >= 0.3 is 0 Å². The predicted octanol–water partition coefficient (Wildman–Crippen LogP) is 28.5. The molecule has 0 N–H and O–H groups in total. The van der Waals surface area contributed by atoms with Crippen LogP contribution in [0.1, 0.15) is 0 Å². The van der Waals surface area contributed by atoms with Crippen LogP contribution < -0.4 is 0 Å². The summed E-state index contributed by atoms with van der Waals surface area (Å²) in [7, 11) is 0. The second-order valence-corrected chi connectivity index (χ2v) is 29.8. The Balaban J connectivity index is 0.000000114. The Morgan fingerprint density at radius 3 is 0.983 bits per heavy atom. The Bertz CT molecular complexity index is 7650. The molecule has 0 aliphatic rings. The zero-order valence-electron chi connectivity index (χ0n) is 65.1. The van der Waals surface area contributed by atoms with E-state index in [1.54, 1.807) is 0 Å². The molecule has 24 aromatic rings. The number of benzene rings is 18. The summed E-state index contributed by atoms with van der Waals surface area (Å²) < 4.78 is 13.5. The molecule has 120 heavy (non-hydrogen) atoms. The van der Waals surface area contributed by atoms with Gasteiger partial charge in [0.05, 0.1) is 5.52 Å². The summed E-state index contributed by atoms with van der Waals surface area (Å²) in [5.41, 5.74) is 21.4. The molecular formula is C110H67N5SY4-8. The van der Waals surface area contributed by atoms with Gasteiger partial charge in [-0.15, -0.1) is 34.1 Å². The molecule has 0 bridgehead atoms. The van der Waals surface area contributed by atoms with E-state index in [1.807, 2.05) is 90.2 Å². The summed E-state index contributed by atoms with van der Waals surface area (Å²) in [5.74, 6) is 0. The molecule has 10 heteroatoms. The quantitative estimate of drug-likeness (QED) is 0.102. The van der Waals surface area contributed by atoms with Crippen LogP contribution in [0.4, 0.5) is 0 Å². The number of rotatable bonds is 9. The standard InChI is InChI=1S/C32H20N2.C32H19N.C26H15NS.C20H13N.4Y/c1-3-12-23(13-4-1)33-22-28(25-16-7-9-19-29(25)33)26-18-11-21-31-32(26)27-17-8-10-20-30(27)34(31)24-14-5-2-6-15-24;1-2-10-23(11-3-1)33-21-31(29-16-8-9-17-32(29)33)22-18-19-28-26-14-5-4-12-24(26)25-13-6-7-15-27(25)30(28)20-22;1-2-8-19(9-3-1)27-17-23(20-10-4-6-12-24(20)27)18-14-15-26-22(16-18)21-11-5-7-13-25(21)28-26;1-3-9-16(10-4-1)19-15-21(17-11-5-2-6-12-17)20-14-8-7-13-18(19)20;;;;/h1-12,14-21H;1-10,12-20H;1-8,10-16H;1-11,13-14H;;;;/q4*-2;;;;. The summed E-state index contributed by atoms with van der Waals surface area (Å²) in [6.45, 7) is 0. The van der Waals surface area contributed by atoms with Gasteiger partial charge in [-0.2, -0.15) is 97.1 Å². The topological polar surface area (TPSA) is 24.6 Å². The van der Waals surface area contributed by atoms with E-state index in [1.165, 1.54) is 118 Å². The third-order valence-electron chi connectivity index (χ3n) is 22.0. The average molecular weight is 1850 g/mol. The molecule has 5 nitrogen and oxygen atoms in total. The van der Waals surface area contributed by atoms with Crippen molar-refractivity contribution in [3.05, 3.63) is 455 Å². The number of hydrogen-bond acceptors (Lipinski definition) is 1. The van der Waals surface area contributed by atoms with E-state index in [2.05, 4.69) is 399 Å². The fourth-order valence-corrected chi connectivity index (χ4v) is 17.9. The first-order valence-electron chi connectivity index (χ1n) is 39.0. The van der Waals surface area contributed by atoms with Gasteiger partial charge in [-0.3, -0.25) is 0 Å². The molecule has 0 aliphatic carbocycles. The second-order valence-electron chi connectivity index (χ2n) is 28.8. The maximum atomic E-state index is 3.70. The molecule has 4 radical (unpaired) electrons. The van der Waals surface area contributed by atoms with E-state index < -0.39 is 0 Å². The van der Waals surface area contributed by atoms with E-state index in [9.17, 15) is 0 Å². The molecule has 0 atom stereocenters. The molecule has 0 saturated heterocycles. The molecule has 0 spiro atoms. The summed E-state index contributed by atoms with van der Waals surface area (Å²) in [4.78, 5) is 0. The van der Waals surface area contributed by atoms with E-state index in [0.29, 0.717) is 0 Å². The monoisotopic (exact) mass is 1850 g/mol. The Labute approximate surface area is 801 Å². The molecule has 0 fully saturated rings. The second kappa shape index (κ2) is 36.3. The Hall–Kier alpha value is -10.7. The summed E-state index contributed by atoms with van der Waals surface area (Å²) >= 11 is 1.85. The van der Waals surface area contributed by atoms with Crippen molar-refractivity contribution in [2.75, 3.05) is 0 Å². The van der Waals surface area contributed by atoms with Crippen LogP contribution in [0, 0.1) is 49.1 Å². The van der Waals surface area contributed by atoms with Crippen molar-refractivity contribution in [1.29, 1.82) is 0 Å². The van der Waals surface area contributed by atoms with Crippen molar-refractivity contribution >= 4 is 129 Å². The van der Waals surface area contributed by atoms with Gasteiger partial charge in [-0.05, 0) is 126 Å². The van der Waals surface area contributed by atoms with Crippen LogP contribution >= 0.6 is 11.3 Å². The van der Waals surface area contributed by atoms with Gasteiger partial charge in [0, 0.05) is 157 Å². The fraction of sp³-hybridized carbons (Fsp3) is 0. The van der Waals surface area contributed by atoms with E-state index >= 15 is 0 Å². The van der Waals surface area contributed by atoms with Crippen LogP contribution in [-0.2, 0) is 131 Å². The minimum atomic E-state index is 0.